The van der Waals surface area contributed by atoms with Gasteiger partial charge in [-0.25, -0.2) is 9.97 Å². The topological polar surface area (TPSA) is 59.1 Å². The van der Waals surface area contributed by atoms with Gasteiger partial charge in [-0.05, 0) is 45.2 Å². The van der Waals surface area contributed by atoms with E-state index in [0.29, 0.717) is 17.9 Å². The maximum Gasteiger partial charge on any atom is 0.221 e. The average molecular weight is 264 g/mol. The fourth-order valence-corrected chi connectivity index (χ4v) is 2.40. The van der Waals surface area contributed by atoms with Gasteiger partial charge in [0, 0.05) is 6.54 Å². The van der Waals surface area contributed by atoms with Crippen LogP contribution in [0.2, 0.25) is 0 Å². The zero-order valence-electron chi connectivity index (χ0n) is 12.1. The van der Waals surface area contributed by atoms with Crippen LogP contribution in [-0.2, 0) is 0 Å². The predicted molar refractivity (Wildman–Crippen MR) is 76.6 cm³/mol. The molecular formula is C14H24N4O. The van der Waals surface area contributed by atoms with E-state index in [4.69, 9.17) is 4.74 Å². The van der Waals surface area contributed by atoms with E-state index < -0.39 is 0 Å². The Morgan fingerprint density at radius 1 is 1.37 bits per heavy atom. The maximum atomic E-state index is 5.49. The van der Waals surface area contributed by atoms with E-state index in [1.807, 2.05) is 13.8 Å². The minimum Gasteiger partial charge on any atom is -0.478 e. The van der Waals surface area contributed by atoms with Crippen LogP contribution in [0.1, 0.15) is 32.3 Å². The Hall–Kier alpha value is -1.36. The molecule has 0 bridgehead atoms. The van der Waals surface area contributed by atoms with Gasteiger partial charge < -0.3 is 15.4 Å². The fraction of sp³-hybridized carbons (Fsp3) is 0.714. The second-order valence-electron chi connectivity index (χ2n) is 5.50. The van der Waals surface area contributed by atoms with E-state index in [1.54, 1.807) is 6.33 Å². The first-order chi connectivity index (χ1) is 9.14. The van der Waals surface area contributed by atoms with Gasteiger partial charge in [-0.15, -0.1) is 0 Å². The Bertz CT molecular complexity index is 416. The monoisotopic (exact) mass is 264 g/mol. The molecule has 1 fully saturated rings. The molecule has 1 aliphatic heterocycles. The first kappa shape index (κ1) is 14.1. The molecule has 0 atom stereocenters. The van der Waals surface area contributed by atoms with Gasteiger partial charge in [0.15, 0.2) is 0 Å². The fourth-order valence-electron chi connectivity index (χ4n) is 2.40. The van der Waals surface area contributed by atoms with E-state index in [9.17, 15) is 0 Å². The van der Waals surface area contributed by atoms with Gasteiger partial charge in [-0.1, -0.05) is 6.92 Å². The molecule has 106 valence electrons. The van der Waals surface area contributed by atoms with Crippen LogP contribution in [0.25, 0.3) is 0 Å². The Balaban J connectivity index is 2.00. The number of ether oxygens (including phenoxy) is 1. The summed E-state index contributed by atoms with van der Waals surface area (Å²) in [5.41, 5.74) is 1.33. The van der Waals surface area contributed by atoms with Crippen molar-refractivity contribution in [1.82, 2.24) is 15.3 Å². The molecule has 5 nitrogen and oxygen atoms in total. The minimum atomic E-state index is 0.342. The van der Waals surface area contributed by atoms with Gasteiger partial charge in [0.1, 0.15) is 12.1 Å². The van der Waals surface area contributed by atoms with Crippen LogP contribution < -0.4 is 15.4 Å². The summed E-state index contributed by atoms with van der Waals surface area (Å²) < 4.78 is 5.49. The van der Waals surface area contributed by atoms with E-state index in [-0.39, 0.29) is 0 Å². The Kier molecular flexibility index (Phi) is 4.58. The lowest BCUT2D eigenvalue weighted by Gasteiger charge is -2.34. The Morgan fingerprint density at radius 3 is 2.79 bits per heavy atom. The molecule has 2 rings (SSSR count). The molecule has 0 aromatic carbocycles. The summed E-state index contributed by atoms with van der Waals surface area (Å²) in [4.78, 5) is 8.48. The second kappa shape index (κ2) is 6.19. The summed E-state index contributed by atoms with van der Waals surface area (Å²) in [6.07, 6.45) is 3.95. The van der Waals surface area contributed by atoms with Crippen molar-refractivity contribution in [3.63, 3.8) is 0 Å². The standard InChI is InChI=1S/C14H24N4O/c1-4-19-13-11(2)12(17-10-18-13)16-9-14(3)5-7-15-8-6-14/h10,15H,4-9H2,1-3H3,(H,16,17,18). The lowest BCUT2D eigenvalue weighted by atomic mass is 9.81. The molecule has 0 radical (unpaired) electrons. The van der Waals surface area contributed by atoms with Gasteiger partial charge in [0.05, 0.1) is 12.2 Å². The number of anilines is 1. The largest absolute Gasteiger partial charge is 0.478 e. The van der Waals surface area contributed by atoms with Crippen molar-refractivity contribution >= 4 is 5.82 Å². The van der Waals surface area contributed by atoms with Crippen LogP contribution in [0.5, 0.6) is 5.88 Å². The third-order valence-corrected chi connectivity index (χ3v) is 3.81. The molecule has 0 saturated carbocycles. The number of hydrogen-bond donors (Lipinski definition) is 2. The van der Waals surface area contributed by atoms with Gasteiger partial charge in [0.2, 0.25) is 5.88 Å². The first-order valence-electron chi connectivity index (χ1n) is 7.03. The zero-order chi connectivity index (χ0) is 13.7. The van der Waals surface area contributed by atoms with Crippen molar-refractivity contribution in [3.8, 4) is 5.88 Å². The molecule has 0 amide bonds. The molecule has 1 saturated heterocycles. The maximum absolute atomic E-state index is 5.49. The summed E-state index contributed by atoms with van der Waals surface area (Å²) >= 11 is 0. The second-order valence-corrected chi connectivity index (χ2v) is 5.50. The summed E-state index contributed by atoms with van der Waals surface area (Å²) in [5, 5.41) is 6.87. The number of nitrogens with one attached hydrogen (secondary N) is 2. The molecule has 1 aromatic heterocycles. The predicted octanol–water partition coefficient (Wildman–Crippen LogP) is 1.99. The SMILES string of the molecule is CCOc1ncnc(NCC2(C)CCNCC2)c1C. The molecule has 5 heteroatoms. The average Bonchev–Trinajstić information content (AvgIpc) is 2.41. The summed E-state index contributed by atoms with van der Waals surface area (Å²) in [6, 6.07) is 0. The zero-order valence-corrected chi connectivity index (χ0v) is 12.1. The highest BCUT2D eigenvalue weighted by Gasteiger charge is 2.26. The van der Waals surface area contributed by atoms with Crippen LogP contribution in [0.15, 0.2) is 6.33 Å². The highest BCUT2D eigenvalue weighted by atomic mass is 16.5. The van der Waals surface area contributed by atoms with E-state index in [2.05, 4.69) is 27.5 Å². The van der Waals surface area contributed by atoms with Crippen LogP contribution in [0.4, 0.5) is 5.82 Å². The Labute approximate surface area is 115 Å². The molecule has 2 N–H and O–H groups in total. The third kappa shape index (κ3) is 3.56. The number of hydrogen-bond acceptors (Lipinski definition) is 5. The van der Waals surface area contributed by atoms with Crippen molar-refractivity contribution < 1.29 is 4.74 Å². The first-order valence-corrected chi connectivity index (χ1v) is 7.03. The smallest absolute Gasteiger partial charge is 0.221 e. The highest BCUT2D eigenvalue weighted by molar-refractivity contribution is 5.47. The van der Waals surface area contributed by atoms with E-state index in [1.165, 1.54) is 12.8 Å². The molecular weight excluding hydrogens is 240 g/mol. The quantitative estimate of drug-likeness (QED) is 0.851. The minimum absolute atomic E-state index is 0.342. The summed E-state index contributed by atoms with van der Waals surface area (Å²) in [7, 11) is 0. The highest BCUT2D eigenvalue weighted by Crippen LogP contribution is 2.29. The lowest BCUT2D eigenvalue weighted by molar-refractivity contribution is 0.247. The van der Waals surface area contributed by atoms with Crippen molar-refractivity contribution in [1.29, 1.82) is 0 Å². The molecule has 0 aliphatic carbocycles. The normalized spacial score (nSPS) is 18.1. The molecule has 0 spiro atoms. The molecule has 0 unspecified atom stereocenters. The van der Waals surface area contributed by atoms with Crippen molar-refractivity contribution in [3.05, 3.63) is 11.9 Å². The lowest BCUT2D eigenvalue weighted by Crippen LogP contribution is -2.39. The van der Waals surface area contributed by atoms with E-state index in [0.717, 1.165) is 31.0 Å². The summed E-state index contributed by atoms with van der Waals surface area (Å²) in [6.45, 7) is 10.1. The Morgan fingerprint density at radius 2 is 2.11 bits per heavy atom. The van der Waals surface area contributed by atoms with Crippen molar-refractivity contribution in [2.75, 3.05) is 31.6 Å². The van der Waals surface area contributed by atoms with Crippen LogP contribution in [0.3, 0.4) is 0 Å². The van der Waals surface area contributed by atoms with Gasteiger partial charge >= 0.3 is 0 Å². The van der Waals surface area contributed by atoms with Gasteiger partial charge in [0.25, 0.3) is 0 Å². The van der Waals surface area contributed by atoms with E-state index >= 15 is 0 Å². The number of piperidine rings is 1. The molecule has 2 heterocycles. The number of nitrogens with zero attached hydrogens (tertiary/aromatic N) is 2. The third-order valence-electron chi connectivity index (χ3n) is 3.81. The van der Waals surface area contributed by atoms with Crippen molar-refractivity contribution in [2.24, 2.45) is 5.41 Å². The van der Waals surface area contributed by atoms with Gasteiger partial charge in [-0.2, -0.15) is 0 Å². The molecule has 1 aromatic rings. The van der Waals surface area contributed by atoms with Crippen molar-refractivity contribution in [2.45, 2.75) is 33.6 Å². The number of rotatable bonds is 5. The van der Waals surface area contributed by atoms with Crippen LogP contribution in [0, 0.1) is 12.3 Å². The number of aromatic nitrogens is 2. The van der Waals surface area contributed by atoms with Crippen LogP contribution >= 0.6 is 0 Å². The molecule has 1 aliphatic rings. The van der Waals surface area contributed by atoms with Gasteiger partial charge in [-0.3, -0.25) is 0 Å². The molecule has 19 heavy (non-hydrogen) atoms. The van der Waals surface area contributed by atoms with Crippen LogP contribution in [-0.4, -0.2) is 36.2 Å². The summed E-state index contributed by atoms with van der Waals surface area (Å²) in [5.74, 6) is 1.56.